The SMILES string of the molecule is O=C(CCCCCCCSc1nc(=O)c(Cc2cncnc2)cn1CCCO)c1ccc(Cl)cc1. The van der Waals surface area contributed by atoms with E-state index in [1.54, 1.807) is 48.4 Å². The molecular weight excluding hydrogens is 484 g/mol. The van der Waals surface area contributed by atoms with E-state index in [2.05, 4.69) is 15.0 Å². The highest BCUT2D eigenvalue weighted by Gasteiger charge is 2.11. The molecule has 0 aliphatic rings. The summed E-state index contributed by atoms with van der Waals surface area (Å²) in [4.78, 5) is 37.1. The maximum absolute atomic E-state index is 12.6. The van der Waals surface area contributed by atoms with Gasteiger partial charge in [0.1, 0.15) is 6.33 Å². The van der Waals surface area contributed by atoms with E-state index in [0.717, 1.165) is 43.4 Å². The second-order valence-corrected chi connectivity index (χ2v) is 9.84. The fourth-order valence-electron chi connectivity index (χ4n) is 3.66. The smallest absolute Gasteiger partial charge is 0.277 e. The standard InChI is InChI=1S/C26H31ClN4O3S/c27-23-10-8-21(9-11-23)24(33)7-4-2-1-3-5-14-35-26-30-25(34)22(18-31(26)12-6-13-32)15-20-16-28-19-29-17-20/h8-11,16-19,32H,1-7,12-15H2. The van der Waals surface area contributed by atoms with Crippen molar-refractivity contribution in [1.82, 2.24) is 19.5 Å². The van der Waals surface area contributed by atoms with Crippen LogP contribution in [0.2, 0.25) is 5.02 Å². The Morgan fingerprint density at radius 3 is 2.46 bits per heavy atom. The average Bonchev–Trinajstić information content (AvgIpc) is 2.87. The van der Waals surface area contributed by atoms with Crippen molar-refractivity contribution in [3.8, 4) is 0 Å². The second kappa shape index (κ2) is 14.8. The largest absolute Gasteiger partial charge is 0.396 e. The molecule has 1 N–H and O–H groups in total. The first-order chi connectivity index (χ1) is 17.1. The van der Waals surface area contributed by atoms with Gasteiger partial charge in [0.05, 0.1) is 0 Å². The van der Waals surface area contributed by atoms with Gasteiger partial charge in [-0.3, -0.25) is 9.59 Å². The van der Waals surface area contributed by atoms with Gasteiger partial charge in [-0.15, -0.1) is 0 Å². The number of carbonyl (C=O) groups is 1. The van der Waals surface area contributed by atoms with Crippen LogP contribution in [0.15, 0.2) is 59.1 Å². The summed E-state index contributed by atoms with van der Waals surface area (Å²) in [7, 11) is 0. The van der Waals surface area contributed by atoms with Gasteiger partial charge in [-0.05, 0) is 49.1 Å². The number of rotatable bonds is 15. The number of aryl methyl sites for hydroxylation is 1. The molecule has 1 aromatic carbocycles. The van der Waals surface area contributed by atoms with Crippen LogP contribution in [-0.2, 0) is 13.0 Å². The molecule has 0 saturated carbocycles. The maximum atomic E-state index is 12.6. The molecule has 0 aliphatic carbocycles. The summed E-state index contributed by atoms with van der Waals surface area (Å²) in [5.74, 6) is 1.02. The van der Waals surface area contributed by atoms with Crippen molar-refractivity contribution in [2.24, 2.45) is 0 Å². The molecule has 0 atom stereocenters. The van der Waals surface area contributed by atoms with E-state index in [4.69, 9.17) is 11.6 Å². The number of ketones is 1. The lowest BCUT2D eigenvalue weighted by molar-refractivity contribution is 0.0979. The van der Waals surface area contributed by atoms with Gasteiger partial charge in [0.25, 0.3) is 5.56 Å². The van der Waals surface area contributed by atoms with Crippen molar-refractivity contribution in [1.29, 1.82) is 0 Å². The highest BCUT2D eigenvalue weighted by Crippen LogP contribution is 2.19. The monoisotopic (exact) mass is 514 g/mol. The highest BCUT2D eigenvalue weighted by atomic mass is 35.5. The van der Waals surface area contributed by atoms with E-state index in [0.29, 0.717) is 47.1 Å². The summed E-state index contributed by atoms with van der Waals surface area (Å²) >= 11 is 7.44. The van der Waals surface area contributed by atoms with Crippen molar-refractivity contribution < 1.29 is 9.90 Å². The normalized spacial score (nSPS) is 11.0. The Labute approximate surface area is 215 Å². The zero-order valence-corrected chi connectivity index (χ0v) is 21.3. The van der Waals surface area contributed by atoms with Gasteiger partial charge in [-0.2, -0.15) is 4.98 Å². The lowest BCUT2D eigenvalue weighted by atomic mass is 10.0. The number of aromatic nitrogens is 4. The van der Waals surface area contributed by atoms with Gasteiger partial charge in [0.2, 0.25) is 0 Å². The van der Waals surface area contributed by atoms with Crippen molar-refractivity contribution in [3.05, 3.63) is 81.3 Å². The molecular formula is C26H31ClN4O3S. The number of benzene rings is 1. The van der Waals surface area contributed by atoms with Crippen LogP contribution in [0, 0.1) is 0 Å². The molecule has 0 spiro atoms. The molecule has 0 aliphatic heterocycles. The van der Waals surface area contributed by atoms with Crippen molar-refractivity contribution in [3.63, 3.8) is 0 Å². The molecule has 7 nitrogen and oxygen atoms in total. The Bertz CT molecular complexity index is 1120. The van der Waals surface area contributed by atoms with Crippen molar-refractivity contribution in [2.75, 3.05) is 12.4 Å². The quantitative estimate of drug-likeness (QED) is 0.132. The van der Waals surface area contributed by atoms with Crippen LogP contribution in [0.5, 0.6) is 0 Å². The third-order valence-electron chi connectivity index (χ3n) is 5.54. The zero-order valence-electron chi connectivity index (χ0n) is 19.7. The van der Waals surface area contributed by atoms with Crippen molar-refractivity contribution in [2.45, 2.75) is 63.1 Å². The predicted octanol–water partition coefficient (Wildman–Crippen LogP) is 4.98. The molecule has 35 heavy (non-hydrogen) atoms. The highest BCUT2D eigenvalue weighted by molar-refractivity contribution is 7.99. The van der Waals surface area contributed by atoms with Crippen LogP contribution in [0.3, 0.4) is 0 Å². The Hall–Kier alpha value is -2.55. The van der Waals surface area contributed by atoms with Crippen LogP contribution in [0.4, 0.5) is 0 Å². The van der Waals surface area contributed by atoms with Gasteiger partial charge in [0, 0.05) is 66.5 Å². The van der Waals surface area contributed by atoms with Crippen LogP contribution in [-0.4, -0.2) is 42.8 Å². The Balaban J connectivity index is 1.42. The van der Waals surface area contributed by atoms with Crippen LogP contribution >= 0.6 is 23.4 Å². The minimum atomic E-state index is -0.234. The minimum Gasteiger partial charge on any atom is -0.396 e. The fourth-order valence-corrected chi connectivity index (χ4v) is 4.78. The number of unbranched alkanes of at least 4 members (excludes halogenated alkanes) is 4. The number of carbonyl (C=O) groups excluding carboxylic acids is 1. The molecule has 0 fully saturated rings. The number of Topliss-reactive ketones (excluding diaryl/α,β-unsaturated/α-hetero) is 1. The first-order valence-electron chi connectivity index (χ1n) is 11.9. The molecule has 0 bridgehead atoms. The van der Waals surface area contributed by atoms with Gasteiger partial charge >= 0.3 is 0 Å². The zero-order chi connectivity index (χ0) is 24.9. The molecule has 186 valence electrons. The molecule has 9 heteroatoms. The maximum Gasteiger partial charge on any atom is 0.277 e. The van der Waals surface area contributed by atoms with Gasteiger partial charge < -0.3 is 9.67 Å². The molecule has 0 unspecified atom stereocenters. The summed E-state index contributed by atoms with van der Waals surface area (Å²) in [5.41, 5.74) is 1.93. The van der Waals surface area contributed by atoms with E-state index in [9.17, 15) is 14.7 Å². The first-order valence-corrected chi connectivity index (χ1v) is 13.3. The number of halogens is 1. The average molecular weight is 515 g/mol. The van der Waals surface area contributed by atoms with Crippen LogP contribution in [0.25, 0.3) is 0 Å². The number of hydrogen-bond acceptors (Lipinski definition) is 7. The van der Waals surface area contributed by atoms with Crippen LogP contribution in [0.1, 0.15) is 66.4 Å². The Kier molecular flexibility index (Phi) is 11.4. The number of nitrogens with zero attached hydrogens (tertiary/aromatic N) is 4. The first kappa shape index (κ1) is 27.0. The number of aliphatic hydroxyl groups is 1. The summed E-state index contributed by atoms with van der Waals surface area (Å²) in [6, 6.07) is 7.05. The number of thioether (sulfide) groups is 1. The summed E-state index contributed by atoms with van der Waals surface area (Å²) < 4.78 is 1.96. The minimum absolute atomic E-state index is 0.0820. The van der Waals surface area contributed by atoms with Gasteiger partial charge in [-0.1, -0.05) is 42.6 Å². The molecule has 3 aromatic rings. The lowest BCUT2D eigenvalue weighted by Crippen LogP contribution is -2.20. The summed E-state index contributed by atoms with van der Waals surface area (Å²) in [6.07, 6.45) is 13.3. The third kappa shape index (κ3) is 9.20. The Morgan fingerprint density at radius 2 is 1.71 bits per heavy atom. The molecule has 3 rings (SSSR count). The Morgan fingerprint density at radius 1 is 1.00 bits per heavy atom. The third-order valence-corrected chi connectivity index (χ3v) is 6.87. The van der Waals surface area contributed by atoms with E-state index < -0.39 is 0 Å². The molecule has 0 amide bonds. The topological polar surface area (TPSA) is 98.0 Å². The van der Waals surface area contributed by atoms with Gasteiger partial charge in [-0.25, -0.2) is 9.97 Å². The molecule has 2 aromatic heterocycles. The van der Waals surface area contributed by atoms with E-state index in [1.807, 2.05) is 10.8 Å². The fraction of sp³-hybridized carbons (Fsp3) is 0.423. The summed E-state index contributed by atoms with van der Waals surface area (Å²) in [6.45, 7) is 0.685. The molecule has 0 radical (unpaired) electrons. The lowest BCUT2D eigenvalue weighted by Gasteiger charge is -2.13. The number of hydrogen-bond donors (Lipinski definition) is 1. The van der Waals surface area contributed by atoms with Crippen LogP contribution < -0.4 is 5.56 Å². The van der Waals surface area contributed by atoms with E-state index in [1.165, 1.54) is 6.33 Å². The van der Waals surface area contributed by atoms with E-state index in [-0.39, 0.29) is 17.9 Å². The second-order valence-electron chi connectivity index (χ2n) is 8.34. The number of aliphatic hydroxyl groups excluding tert-OH is 1. The van der Waals surface area contributed by atoms with E-state index >= 15 is 0 Å². The molecule has 0 saturated heterocycles. The van der Waals surface area contributed by atoms with Gasteiger partial charge in [0.15, 0.2) is 10.9 Å². The molecule has 2 heterocycles. The predicted molar refractivity (Wildman–Crippen MR) is 139 cm³/mol. The van der Waals surface area contributed by atoms with Crippen molar-refractivity contribution >= 4 is 29.1 Å². The summed E-state index contributed by atoms with van der Waals surface area (Å²) in [5, 5.41) is 10.6.